The number of imidazole rings is 1. The van der Waals surface area contributed by atoms with Crippen molar-refractivity contribution < 1.29 is 28.7 Å². The third-order valence-corrected chi connectivity index (χ3v) is 7.76. The van der Waals surface area contributed by atoms with E-state index in [-0.39, 0.29) is 39.3 Å². The van der Waals surface area contributed by atoms with Crippen molar-refractivity contribution in [2.75, 3.05) is 13.1 Å². The zero-order valence-corrected chi connectivity index (χ0v) is 27.9. The van der Waals surface area contributed by atoms with Gasteiger partial charge in [-0.3, -0.25) is 14.4 Å². The number of carbonyl (C=O) groups excluding carboxylic acids is 3. The number of hydrogen-bond acceptors (Lipinski definition) is 7. The lowest BCUT2D eigenvalue weighted by Crippen LogP contribution is -2.52. The quantitative estimate of drug-likeness (QED) is 0.119. The van der Waals surface area contributed by atoms with Crippen molar-refractivity contribution >= 4 is 17.9 Å². The third kappa shape index (κ3) is 11.1. The molecule has 4 aromatic carbocycles. The van der Waals surface area contributed by atoms with Crippen molar-refractivity contribution in [3.8, 4) is 5.75 Å². The molecular formula is C39H41N5O6. The van der Waals surface area contributed by atoms with Crippen LogP contribution >= 0.6 is 0 Å². The van der Waals surface area contributed by atoms with Gasteiger partial charge in [0.1, 0.15) is 38.2 Å². The molecule has 50 heavy (non-hydrogen) atoms. The number of alkyl carbamates (subject to hydrolysis) is 1. The van der Waals surface area contributed by atoms with Crippen molar-refractivity contribution in [1.29, 1.82) is 0 Å². The lowest BCUT2D eigenvalue weighted by Gasteiger charge is -2.29. The minimum absolute atomic E-state index is 0.0305. The van der Waals surface area contributed by atoms with Crippen LogP contribution in [-0.2, 0) is 51.9 Å². The minimum atomic E-state index is -1.07. The van der Waals surface area contributed by atoms with Gasteiger partial charge in [-0.05, 0) is 41.3 Å². The van der Waals surface area contributed by atoms with Gasteiger partial charge in [0.15, 0.2) is 0 Å². The molecule has 0 saturated carbocycles. The smallest absolute Gasteiger partial charge is 0.408 e. The Labute approximate surface area is 291 Å². The molecule has 3 amide bonds. The maximum atomic E-state index is 14.3. The molecule has 2 N–H and O–H groups in total. The van der Waals surface area contributed by atoms with E-state index < -0.39 is 23.9 Å². The number of amides is 3. The number of H-pyrrole nitrogens is 1. The van der Waals surface area contributed by atoms with Crippen molar-refractivity contribution in [2.45, 2.75) is 45.8 Å². The van der Waals surface area contributed by atoms with E-state index in [1.54, 1.807) is 13.1 Å². The van der Waals surface area contributed by atoms with E-state index in [1.807, 2.05) is 115 Å². The second-order valence-corrected chi connectivity index (χ2v) is 11.5. The molecule has 11 heteroatoms. The average molecular weight is 676 g/mol. The number of carbonyl (C=O) groups is 3. The first-order valence-electron chi connectivity index (χ1n) is 16.4. The summed E-state index contributed by atoms with van der Waals surface area (Å²) in [6.07, 6.45) is 2.41. The highest BCUT2D eigenvalue weighted by atomic mass is 16.7. The standard InChI is InChI=1S/C39H41N5O6/c1-2-44(50-28-33-16-10-5-11-17-33)37(45)25-43(24-30-18-20-35(21-19-30)48-26-31-12-6-3-7-13-31)38(46)36(22-34-23-40-29-41-34)42-39(47)49-27-32-14-8-4-9-15-32/h3-21,23,29,36H,2,22,24-28H2,1H3,(H,40,41)(H,42,47). The molecule has 0 aliphatic carbocycles. The molecular weight excluding hydrogens is 634 g/mol. The van der Waals surface area contributed by atoms with Crippen LogP contribution in [-0.4, -0.2) is 57.0 Å². The molecule has 5 rings (SSSR count). The molecule has 1 unspecified atom stereocenters. The Bertz CT molecular complexity index is 1750. The summed E-state index contributed by atoms with van der Waals surface area (Å²) >= 11 is 0. The zero-order chi connectivity index (χ0) is 35.0. The van der Waals surface area contributed by atoms with Crippen molar-refractivity contribution in [2.24, 2.45) is 0 Å². The van der Waals surface area contributed by atoms with E-state index in [9.17, 15) is 14.4 Å². The fourth-order valence-corrected chi connectivity index (χ4v) is 5.12. The number of nitrogens with zero attached hydrogens (tertiary/aromatic N) is 3. The molecule has 0 radical (unpaired) electrons. The molecule has 0 saturated heterocycles. The molecule has 1 aromatic heterocycles. The Hall–Kier alpha value is -5.94. The van der Waals surface area contributed by atoms with Gasteiger partial charge in [-0.1, -0.05) is 103 Å². The van der Waals surface area contributed by atoms with Crippen molar-refractivity contribution in [3.63, 3.8) is 0 Å². The molecule has 11 nitrogen and oxygen atoms in total. The van der Waals surface area contributed by atoms with Gasteiger partial charge >= 0.3 is 6.09 Å². The fraction of sp³-hybridized carbons (Fsp3) is 0.231. The number of nitrogens with one attached hydrogen (secondary N) is 2. The van der Waals surface area contributed by atoms with Gasteiger partial charge < -0.3 is 24.7 Å². The molecule has 0 aliphatic heterocycles. The number of aromatic nitrogens is 2. The van der Waals surface area contributed by atoms with Crippen LogP contribution in [0.4, 0.5) is 4.79 Å². The van der Waals surface area contributed by atoms with Crippen molar-refractivity contribution in [3.05, 3.63) is 156 Å². The largest absolute Gasteiger partial charge is 0.489 e. The highest BCUT2D eigenvalue weighted by Crippen LogP contribution is 2.17. The number of ether oxygens (including phenoxy) is 2. The number of hydrogen-bond donors (Lipinski definition) is 2. The Morgan fingerprint density at radius 3 is 1.94 bits per heavy atom. The fourth-order valence-electron chi connectivity index (χ4n) is 5.12. The van der Waals surface area contributed by atoms with Gasteiger partial charge in [0.25, 0.3) is 5.91 Å². The zero-order valence-electron chi connectivity index (χ0n) is 27.9. The molecule has 1 atom stereocenters. The van der Waals surface area contributed by atoms with Crippen LogP contribution in [0.5, 0.6) is 5.75 Å². The van der Waals surface area contributed by atoms with Crippen LogP contribution < -0.4 is 10.1 Å². The van der Waals surface area contributed by atoms with E-state index in [1.165, 1.54) is 16.3 Å². The molecule has 5 aromatic rings. The summed E-state index contributed by atoms with van der Waals surface area (Å²) in [5.74, 6) is -0.224. The van der Waals surface area contributed by atoms with Gasteiger partial charge in [-0.2, -0.15) is 0 Å². The first-order valence-corrected chi connectivity index (χ1v) is 16.4. The SMILES string of the molecule is CCN(OCc1ccccc1)C(=O)CN(Cc1ccc(OCc2ccccc2)cc1)C(=O)C(Cc1cnc[nH]1)NC(=O)OCc1ccccc1. The highest BCUT2D eigenvalue weighted by Gasteiger charge is 2.30. The van der Waals surface area contributed by atoms with Crippen LogP contribution in [0.15, 0.2) is 128 Å². The lowest BCUT2D eigenvalue weighted by molar-refractivity contribution is -0.191. The van der Waals surface area contributed by atoms with Gasteiger partial charge in [0, 0.05) is 31.4 Å². The third-order valence-electron chi connectivity index (χ3n) is 7.76. The highest BCUT2D eigenvalue weighted by molar-refractivity contribution is 5.89. The van der Waals surface area contributed by atoms with Gasteiger partial charge in [0.2, 0.25) is 5.91 Å². The first kappa shape index (κ1) is 35.4. The molecule has 0 fully saturated rings. The Balaban J connectivity index is 1.32. The van der Waals surface area contributed by atoms with Crippen LogP contribution in [0, 0.1) is 0 Å². The summed E-state index contributed by atoms with van der Waals surface area (Å²) in [6, 6.07) is 34.9. The van der Waals surface area contributed by atoms with Crippen LogP contribution in [0.25, 0.3) is 0 Å². The Morgan fingerprint density at radius 2 is 1.36 bits per heavy atom. The summed E-state index contributed by atoms with van der Waals surface area (Å²) in [4.78, 5) is 55.3. The second kappa shape index (κ2) is 18.6. The van der Waals surface area contributed by atoms with Gasteiger partial charge in [0.05, 0.1) is 6.33 Å². The summed E-state index contributed by atoms with van der Waals surface area (Å²) < 4.78 is 11.4. The van der Waals surface area contributed by atoms with Crippen LogP contribution in [0.1, 0.15) is 34.9 Å². The normalized spacial score (nSPS) is 11.3. The Morgan fingerprint density at radius 1 is 0.760 bits per heavy atom. The van der Waals surface area contributed by atoms with Crippen LogP contribution in [0.3, 0.4) is 0 Å². The second-order valence-electron chi connectivity index (χ2n) is 11.5. The van der Waals surface area contributed by atoms with Crippen LogP contribution in [0.2, 0.25) is 0 Å². The minimum Gasteiger partial charge on any atom is -0.489 e. The predicted octanol–water partition coefficient (Wildman–Crippen LogP) is 5.84. The number of benzene rings is 4. The molecule has 0 spiro atoms. The predicted molar refractivity (Wildman–Crippen MR) is 187 cm³/mol. The van der Waals surface area contributed by atoms with E-state index in [0.29, 0.717) is 18.1 Å². The summed E-state index contributed by atoms with van der Waals surface area (Å²) in [7, 11) is 0. The topological polar surface area (TPSA) is 126 Å². The molecule has 0 bridgehead atoms. The summed E-state index contributed by atoms with van der Waals surface area (Å²) in [6.45, 7) is 2.49. The Kier molecular flexibility index (Phi) is 13.1. The number of rotatable bonds is 17. The number of likely N-dealkylation sites (N-methyl/N-ethyl adjacent to an activating group) is 1. The van der Waals surface area contributed by atoms with Gasteiger partial charge in [-0.15, -0.1) is 0 Å². The monoisotopic (exact) mass is 675 g/mol. The van der Waals surface area contributed by atoms with E-state index in [0.717, 1.165) is 22.3 Å². The average Bonchev–Trinajstić information content (AvgIpc) is 3.67. The molecule has 258 valence electrons. The first-order chi connectivity index (χ1) is 24.5. The molecule has 0 aliphatic rings. The number of hydroxylamine groups is 2. The lowest BCUT2D eigenvalue weighted by atomic mass is 10.1. The van der Waals surface area contributed by atoms with E-state index in [4.69, 9.17) is 14.3 Å². The van der Waals surface area contributed by atoms with Crippen molar-refractivity contribution in [1.82, 2.24) is 25.2 Å². The van der Waals surface area contributed by atoms with E-state index in [2.05, 4.69) is 15.3 Å². The maximum absolute atomic E-state index is 14.3. The number of aromatic amines is 1. The van der Waals surface area contributed by atoms with E-state index >= 15 is 0 Å². The molecule has 1 heterocycles. The summed E-state index contributed by atoms with van der Waals surface area (Å²) in [5, 5.41) is 3.97. The van der Waals surface area contributed by atoms with Gasteiger partial charge in [-0.25, -0.2) is 14.8 Å². The maximum Gasteiger partial charge on any atom is 0.408 e. The summed E-state index contributed by atoms with van der Waals surface area (Å²) in [5.41, 5.74) is 4.13.